The molecule has 1 aromatic carbocycles. The van der Waals surface area contributed by atoms with Crippen LogP contribution in [0.15, 0.2) is 34.7 Å². The molecule has 2 heterocycles. The predicted molar refractivity (Wildman–Crippen MR) is 79.9 cm³/mol. The van der Waals surface area contributed by atoms with Crippen LogP contribution < -0.4 is 5.32 Å². The molecule has 0 unspecified atom stereocenters. The Labute approximate surface area is 121 Å². The first kappa shape index (κ1) is 12.8. The molecule has 0 saturated carbocycles. The molecule has 2 aliphatic rings. The molecule has 6 heteroatoms. The van der Waals surface area contributed by atoms with Gasteiger partial charge in [-0.3, -0.25) is 9.79 Å². The van der Waals surface area contributed by atoms with Crippen LogP contribution in [0.2, 0.25) is 0 Å². The molecular formula is C14H12N4OS. The first-order valence-electron chi connectivity index (χ1n) is 6.24. The third-order valence-electron chi connectivity index (χ3n) is 3.07. The van der Waals surface area contributed by atoms with Crippen molar-refractivity contribution in [3.63, 3.8) is 0 Å². The maximum Gasteiger partial charge on any atom is 0.238 e. The lowest BCUT2D eigenvalue weighted by atomic mass is 10.1. The van der Waals surface area contributed by atoms with Crippen LogP contribution in [0.4, 0.5) is 5.69 Å². The Balaban J connectivity index is 1.72. The van der Waals surface area contributed by atoms with Crippen LogP contribution in [-0.2, 0) is 4.79 Å². The van der Waals surface area contributed by atoms with E-state index in [0.29, 0.717) is 5.69 Å². The minimum atomic E-state index is -0.287. The number of amidine groups is 1. The van der Waals surface area contributed by atoms with E-state index in [1.807, 2.05) is 30.3 Å². The smallest absolute Gasteiger partial charge is 0.238 e. The molecular weight excluding hydrogens is 272 g/mol. The van der Waals surface area contributed by atoms with Gasteiger partial charge < -0.3 is 10.2 Å². The molecule has 0 radical (unpaired) electrons. The lowest BCUT2D eigenvalue weighted by Gasteiger charge is -2.16. The summed E-state index contributed by atoms with van der Waals surface area (Å²) in [5.41, 5.74) is 2.96. The molecule has 0 atom stereocenters. The Morgan fingerprint density at radius 2 is 2.25 bits per heavy atom. The molecule has 2 aliphatic heterocycles. The zero-order valence-corrected chi connectivity index (χ0v) is 11.5. The first-order chi connectivity index (χ1) is 9.78. The van der Waals surface area contributed by atoms with Crippen molar-refractivity contribution in [2.75, 3.05) is 18.4 Å². The number of rotatable bonds is 3. The summed E-state index contributed by atoms with van der Waals surface area (Å²) in [5, 5.41) is 14.3. The molecule has 5 nitrogen and oxygen atoms in total. The number of nitriles is 1. The topological polar surface area (TPSA) is 68.5 Å². The maximum atomic E-state index is 11.3. The van der Waals surface area contributed by atoms with Crippen molar-refractivity contribution in [3.05, 3.63) is 35.2 Å². The molecule has 1 N–H and O–H groups in total. The number of aliphatic imine (C=N–C) groups is 1. The number of carbonyl (C=O) groups excluding carboxylic acids is 1. The monoisotopic (exact) mass is 284 g/mol. The van der Waals surface area contributed by atoms with Gasteiger partial charge in [0.25, 0.3) is 0 Å². The van der Waals surface area contributed by atoms with E-state index in [0.717, 1.165) is 29.5 Å². The number of carbonyl (C=O) groups is 1. The minimum absolute atomic E-state index is 0.128. The lowest BCUT2D eigenvalue weighted by molar-refractivity contribution is -0.115. The molecule has 0 spiro atoms. The quantitative estimate of drug-likeness (QED) is 0.924. The van der Waals surface area contributed by atoms with Gasteiger partial charge in [-0.05, 0) is 17.7 Å². The number of benzene rings is 1. The van der Waals surface area contributed by atoms with Gasteiger partial charge in [0.05, 0.1) is 18.3 Å². The lowest BCUT2D eigenvalue weighted by Crippen LogP contribution is -2.19. The highest BCUT2D eigenvalue weighted by Gasteiger charge is 2.26. The molecule has 100 valence electrons. The first-order valence-corrected chi connectivity index (χ1v) is 7.12. The van der Waals surface area contributed by atoms with Gasteiger partial charge >= 0.3 is 0 Å². The van der Waals surface area contributed by atoms with E-state index in [1.54, 1.807) is 11.8 Å². The maximum absolute atomic E-state index is 11.3. The van der Waals surface area contributed by atoms with Crippen LogP contribution in [-0.4, -0.2) is 29.1 Å². The summed E-state index contributed by atoms with van der Waals surface area (Å²) in [7, 11) is 0. The van der Waals surface area contributed by atoms with Gasteiger partial charge in [0.15, 0.2) is 5.17 Å². The van der Waals surface area contributed by atoms with E-state index in [-0.39, 0.29) is 12.3 Å². The van der Waals surface area contributed by atoms with Crippen molar-refractivity contribution in [3.8, 4) is 6.07 Å². The van der Waals surface area contributed by atoms with E-state index in [4.69, 9.17) is 5.26 Å². The third-order valence-corrected chi connectivity index (χ3v) is 3.97. The highest BCUT2D eigenvalue weighted by atomic mass is 32.2. The van der Waals surface area contributed by atoms with Crippen molar-refractivity contribution in [1.29, 1.82) is 5.26 Å². The number of amides is 1. The summed E-state index contributed by atoms with van der Waals surface area (Å²) in [6.07, 6.45) is -0.128. The van der Waals surface area contributed by atoms with Crippen LogP contribution in [0, 0.1) is 11.3 Å². The number of anilines is 1. The molecule has 0 saturated heterocycles. The second-order valence-corrected chi connectivity index (χ2v) is 5.23. The Morgan fingerprint density at radius 1 is 1.45 bits per heavy atom. The van der Waals surface area contributed by atoms with E-state index in [1.165, 1.54) is 0 Å². The van der Waals surface area contributed by atoms with Gasteiger partial charge in [-0.1, -0.05) is 23.9 Å². The van der Waals surface area contributed by atoms with Crippen molar-refractivity contribution >= 4 is 34.2 Å². The number of nitrogens with zero attached hydrogens (tertiary/aromatic N) is 3. The van der Waals surface area contributed by atoms with Gasteiger partial charge in [0.2, 0.25) is 5.91 Å². The van der Waals surface area contributed by atoms with E-state index in [2.05, 4.69) is 20.6 Å². The standard InChI is InChI=1S/C14H12N4OS/c15-6-5-13(19)17-11-3-1-10(2-4-11)12-9-20-14-16-7-8-18(12)14/h1-4,9H,5,7-8H2,(H,17,19). The normalized spacial score (nSPS) is 16.2. The largest absolute Gasteiger partial charge is 0.325 e. The molecule has 1 aromatic rings. The van der Waals surface area contributed by atoms with Crippen LogP contribution in [0.25, 0.3) is 5.70 Å². The summed E-state index contributed by atoms with van der Waals surface area (Å²) in [6.45, 7) is 1.77. The zero-order valence-electron chi connectivity index (χ0n) is 10.7. The molecule has 0 bridgehead atoms. The highest BCUT2D eigenvalue weighted by Crippen LogP contribution is 2.35. The predicted octanol–water partition coefficient (Wildman–Crippen LogP) is 2.26. The summed E-state index contributed by atoms with van der Waals surface area (Å²) >= 11 is 1.65. The fourth-order valence-electron chi connectivity index (χ4n) is 2.15. The number of hydrogen-bond donors (Lipinski definition) is 1. The van der Waals surface area contributed by atoms with E-state index >= 15 is 0 Å². The fourth-order valence-corrected chi connectivity index (χ4v) is 3.11. The Bertz CT molecular complexity index is 642. The Hall–Kier alpha value is -2.26. The summed E-state index contributed by atoms with van der Waals surface area (Å²) in [4.78, 5) is 17.9. The Morgan fingerprint density at radius 3 is 3.00 bits per heavy atom. The fraction of sp³-hybridized carbons (Fsp3) is 0.214. The number of fused-ring (bicyclic) bond motifs is 1. The van der Waals surface area contributed by atoms with Crippen LogP contribution >= 0.6 is 11.8 Å². The zero-order chi connectivity index (χ0) is 13.9. The molecule has 1 amide bonds. The second-order valence-electron chi connectivity index (χ2n) is 4.40. The summed E-state index contributed by atoms with van der Waals surface area (Å²) < 4.78 is 0. The molecule has 20 heavy (non-hydrogen) atoms. The molecule has 3 rings (SSSR count). The summed E-state index contributed by atoms with van der Waals surface area (Å²) in [6, 6.07) is 9.46. The third kappa shape index (κ3) is 2.40. The number of hydrogen-bond acceptors (Lipinski definition) is 5. The van der Waals surface area contributed by atoms with Crippen molar-refractivity contribution < 1.29 is 4.79 Å². The number of thioether (sulfide) groups is 1. The average molecular weight is 284 g/mol. The summed E-state index contributed by atoms with van der Waals surface area (Å²) in [5.74, 6) is -0.287. The molecule has 0 fully saturated rings. The van der Waals surface area contributed by atoms with Gasteiger partial charge in [0, 0.05) is 17.6 Å². The molecule has 0 aliphatic carbocycles. The average Bonchev–Trinajstić information content (AvgIpc) is 3.02. The van der Waals surface area contributed by atoms with Crippen molar-refractivity contribution in [2.24, 2.45) is 4.99 Å². The SMILES string of the molecule is N#CCC(=O)Nc1ccc(C2=CSC3=NCCN23)cc1. The van der Waals surface area contributed by atoms with Crippen molar-refractivity contribution in [1.82, 2.24) is 4.90 Å². The van der Waals surface area contributed by atoms with Crippen LogP contribution in [0.5, 0.6) is 0 Å². The van der Waals surface area contributed by atoms with Crippen molar-refractivity contribution in [2.45, 2.75) is 6.42 Å². The second kappa shape index (κ2) is 5.39. The highest BCUT2D eigenvalue weighted by molar-refractivity contribution is 8.16. The minimum Gasteiger partial charge on any atom is -0.325 e. The van der Waals surface area contributed by atoms with E-state index in [9.17, 15) is 4.79 Å². The molecule has 0 aromatic heterocycles. The number of nitrogens with one attached hydrogen (secondary N) is 1. The van der Waals surface area contributed by atoms with Crippen LogP contribution in [0.3, 0.4) is 0 Å². The Kier molecular flexibility index (Phi) is 3.44. The van der Waals surface area contributed by atoms with Gasteiger partial charge in [-0.2, -0.15) is 5.26 Å². The van der Waals surface area contributed by atoms with Crippen LogP contribution in [0.1, 0.15) is 12.0 Å². The van der Waals surface area contributed by atoms with Gasteiger partial charge in [-0.25, -0.2) is 0 Å². The van der Waals surface area contributed by atoms with E-state index < -0.39 is 0 Å². The van der Waals surface area contributed by atoms with Gasteiger partial charge in [-0.15, -0.1) is 0 Å². The van der Waals surface area contributed by atoms with Gasteiger partial charge in [0.1, 0.15) is 6.42 Å².